The fourth-order valence-electron chi connectivity index (χ4n) is 1.94. The van der Waals surface area contributed by atoms with Gasteiger partial charge in [0.1, 0.15) is 28.9 Å². The normalized spacial score (nSPS) is 11.2. The molecular weight excluding hydrogens is 292 g/mol. The van der Waals surface area contributed by atoms with E-state index in [1.165, 1.54) is 6.08 Å². The SMILES string of the molecule is Cc1ccc(/C=C(/C#N)C(=O)Nc2cccc(OC(C)C)c2)o1. The molecule has 0 fully saturated rings. The van der Waals surface area contributed by atoms with E-state index in [0.29, 0.717) is 23.0 Å². The van der Waals surface area contributed by atoms with Gasteiger partial charge >= 0.3 is 0 Å². The molecule has 0 unspecified atom stereocenters. The van der Waals surface area contributed by atoms with Crippen LogP contribution in [0.5, 0.6) is 5.75 Å². The summed E-state index contributed by atoms with van der Waals surface area (Å²) in [6, 6.07) is 12.4. The van der Waals surface area contributed by atoms with E-state index < -0.39 is 5.91 Å². The standard InChI is InChI=1S/C18H18N2O3/c1-12(2)22-16-6-4-5-15(10-16)20-18(21)14(11-19)9-17-8-7-13(3)23-17/h4-10,12H,1-3H3,(H,20,21)/b14-9-. The molecule has 1 N–H and O–H groups in total. The first kappa shape index (κ1) is 16.4. The third kappa shape index (κ3) is 4.75. The molecule has 1 amide bonds. The summed E-state index contributed by atoms with van der Waals surface area (Å²) in [7, 11) is 0. The van der Waals surface area contributed by atoms with Crippen molar-refractivity contribution >= 4 is 17.7 Å². The molecule has 1 aromatic heterocycles. The number of hydrogen-bond acceptors (Lipinski definition) is 4. The van der Waals surface area contributed by atoms with Gasteiger partial charge in [-0.3, -0.25) is 4.79 Å². The van der Waals surface area contributed by atoms with Gasteiger partial charge in [-0.25, -0.2) is 0 Å². The maximum absolute atomic E-state index is 12.2. The Labute approximate surface area is 135 Å². The van der Waals surface area contributed by atoms with Gasteiger partial charge in [-0.15, -0.1) is 0 Å². The summed E-state index contributed by atoms with van der Waals surface area (Å²) in [5.41, 5.74) is 0.527. The van der Waals surface area contributed by atoms with Crippen molar-refractivity contribution in [3.05, 3.63) is 53.5 Å². The summed E-state index contributed by atoms with van der Waals surface area (Å²) in [6.45, 7) is 5.64. The van der Waals surface area contributed by atoms with E-state index in [4.69, 9.17) is 9.15 Å². The van der Waals surface area contributed by atoms with Crippen LogP contribution in [0.25, 0.3) is 6.08 Å². The lowest BCUT2D eigenvalue weighted by molar-refractivity contribution is -0.112. The number of anilines is 1. The summed E-state index contributed by atoms with van der Waals surface area (Å²) in [4.78, 5) is 12.2. The molecule has 0 aliphatic carbocycles. The first-order valence-corrected chi connectivity index (χ1v) is 7.24. The zero-order chi connectivity index (χ0) is 16.8. The highest BCUT2D eigenvalue weighted by atomic mass is 16.5. The molecule has 0 bridgehead atoms. The number of nitrogens with one attached hydrogen (secondary N) is 1. The van der Waals surface area contributed by atoms with Gasteiger partial charge in [0.05, 0.1) is 6.10 Å². The maximum Gasteiger partial charge on any atom is 0.266 e. The zero-order valence-electron chi connectivity index (χ0n) is 13.3. The predicted molar refractivity (Wildman–Crippen MR) is 87.9 cm³/mol. The van der Waals surface area contributed by atoms with Crippen LogP contribution in [-0.2, 0) is 4.79 Å². The van der Waals surface area contributed by atoms with Crippen molar-refractivity contribution in [1.29, 1.82) is 5.26 Å². The monoisotopic (exact) mass is 310 g/mol. The maximum atomic E-state index is 12.2. The van der Waals surface area contributed by atoms with E-state index in [-0.39, 0.29) is 11.7 Å². The lowest BCUT2D eigenvalue weighted by Crippen LogP contribution is -2.13. The molecule has 0 saturated carbocycles. The van der Waals surface area contributed by atoms with Crippen LogP contribution in [-0.4, -0.2) is 12.0 Å². The lowest BCUT2D eigenvalue weighted by atomic mass is 10.2. The second-order valence-electron chi connectivity index (χ2n) is 5.27. The Hall–Kier alpha value is -3.00. The van der Waals surface area contributed by atoms with E-state index in [1.807, 2.05) is 26.0 Å². The first-order valence-electron chi connectivity index (χ1n) is 7.24. The largest absolute Gasteiger partial charge is 0.491 e. The fraction of sp³-hybridized carbons (Fsp3) is 0.222. The van der Waals surface area contributed by atoms with E-state index in [9.17, 15) is 10.1 Å². The van der Waals surface area contributed by atoms with Crippen LogP contribution in [0.3, 0.4) is 0 Å². The molecule has 118 valence electrons. The minimum absolute atomic E-state index is 0.0328. The third-order valence-corrected chi connectivity index (χ3v) is 2.88. The Morgan fingerprint density at radius 1 is 1.35 bits per heavy atom. The average molecular weight is 310 g/mol. The molecule has 0 aliphatic rings. The lowest BCUT2D eigenvalue weighted by Gasteiger charge is -2.11. The van der Waals surface area contributed by atoms with Crippen molar-refractivity contribution in [1.82, 2.24) is 0 Å². The van der Waals surface area contributed by atoms with Gasteiger partial charge in [0, 0.05) is 17.8 Å². The first-order chi connectivity index (χ1) is 11.0. The Morgan fingerprint density at radius 3 is 2.74 bits per heavy atom. The summed E-state index contributed by atoms with van der Waals surface area (Å²) in [6.07, 6.45) is 1.45. The average Bonchev–Trinajstić information content (AvgIpc) is 2.89. The van der Waals surface area contributed by atoms with Crippen molar-refractivity contribution in [2.24, 2.45) is 0 Å². The summed E-state index contributed by atoms with van der Waals surface area (Å²) in [5.74, 6) is 1.34. The van der Waals surface area contributed by atoms with Gasteiger partial charge in [0.2, 0.25) is 0 Å². The summed E-state index contributed by atoms with van der Waals surface area (Å²) in [5, 5.41) is 11.9. The molecule has 0 saturated heterocycles. The van der Waals surface area contributed by atoms with Gasteiger partial charge in [-0.2, -0.15) is 5.26 Å². The van der Waals surface area contributed by atoms with Gasteiger partial charge in [0.15, 0.2) is 0 Å². The molecule has 23 heavy (non-hydrogen) atoms. The number of carbonyl (C=O) groups excluding carboxylic acids is 1. The Bertz CT molecular complexity index is 767. The highest BCUT2D eigenvalue weighted by molar-refractivity contribution is 6.09. The Kier molecular flexibility index (Phi) is 5.21. The summed E-state index contributed by atoms with van der Waals surface area (Å²) >= 11 is 0. The van der Waals surface area contributed by atoms with E-state index in [2.05, 4.69) is 5.32 Å². The molecule has 0 radical (unpaired) electrons. The number of amides is 1. The topological polar surface area (TPSA) is 75.3 Å². The second-order valence-corrected chi connectivity index (χ2v) is 5.27. The number of hydrogen-bond donors (Lipinski definition) is 1. The van der Waals surface area contributed by atoms with Crippen molar-refractivity contribution in [2.75, 3.05) is 5.32 Å². The molecule has 5 heteroatoms. The molecular formula is C18H18N2O3. The van der Waals surface area contributed by atoms with Gasteiger partial charge in [-0.05, 0) is 45.0 Å². The second kappa shape index (κ2) is 7.32. The van der Waals surface area contributed by atoms with Crippen LogP contribution in [0.4, 0.5) is 5.69 Å². The van der Waals surface area contributed by atoms with Crippen molar-refractivity contribution in [2.45, 2.75) is 26.9 Å². The summed E-state index contributed by atoms with van der Waals surface area (Å²) < 4.78 is 10.9. The van der Waals surface area contributed by atoms with Crippen LogP contribution in [0.1, 0.15) is 25.4 Å². The van der Waals surface area contributed by atoms with Crippen LogP contribution in [0.15, 0.2) is 46.4 Å². The van der Waals surface area contributed by atoms with Crippen molar-refractivity contribution in [3.8, 4) is 11.8 Å². The van der Waals surface area contributed by atoms with Crippen molar-refractivity contribution < 1.29 is 13.9 Å². The van der Waals surface area contributed by atoms with Crippen LogP contribution in [0.2, 0.25) is 0 Å². The predicted octanol–water partition coefficient (Wildman–Crippen LogP) is 3.92. The molecule has 0 spiro atoms. The van der Waals surface area contributed by atoms with Gasteiger partial charge in [0.25, 0.3) is 5.91 Å². The van der Waals surface area contributed by atoms with Crippen LogP contribution < -0.4 is 10.1 Å². The number of rotatable bonds is 5. The smallest absolute Gasteiger partial charge is 0.266 e. The van der Waals surface area contributed by atoms with Gasteiger partial charge in [-0.1, -0.05) is 6.07 Å². The van der Waals surface area contributed by atoms with Crippen LogP contribution >= 0.6 is 0 Å². The van der Waals surface area contributed by atoms with E-state index in [0.717, 1.165) is 0 Å². The fourth-order valence-corrected chi connectivity index (χ4v) is 1.94. The highest BCUT2D eigenvalue weighted by Crippen LogP contribution is 2.19. The number of nitriles is 1. The van der Waals surface area contributed by atoms with Crippen LogP contribution in [0, 0.1) is 18.3 Å². The number of furan rings is 1. The number of aryl methyl sites for hydroxylation is 1. The molecule has 2 rings (SSSR count). The number of nitrogens with zero attached hydrogens (tertiary/aromatic N) is 1. The third-order valence-electron chi connectivity index (χ3n) is 2.88. The molecule has 1 aromatic carbocycles. The minimum atomic E-state index is -0.497. The zero-order valence-corrected chi connectivity index (χ0v) is 13.3. The Morgan fingerprint density at radius 2 is 2.13 bits per heavy atom. The van der Waals surface area contributed by atoms with E-state index >= 15 is 0 Å². The van der Waals surface area contributed by atoms with Crippen molar-refractivity contribution in [3.63, 3.8) is 0 Å². The van der Waals surface area contributed by atoms with E-state index in [1.54, 1.807) is 37.3 Å². The quantitative estimate of drug-likeness (QED) is 0.671. The number of carbonyl (C=O) groups is 1. The molecule has 1 heterocycles. The van der Waals surface area contributed by atoms with Gasteiger partial charge < -0.3 is 14.5 Å². The molecule has 2 aromatic rings. The number of benzene rings is 1. The Balaban J connectivity index is 2.14. The highest BCUT2D eigenvalue weighted by Gasteiger charge is 2.11. The molecule has 5 nitrogen and oxygen atoms in total. The minimum Gasteiger partial charge on any atom is -0.491 e. The molecule has 0 aliphatic heterocycles. The molecule has 0 atom stereocenters. The number of ether oxygens (including phenoxy) is 1.